The summed E-state index contributed by atoms with van der Waals surface area (Å²) < 4.78 is 50.7. The van der Waals surface area contributed by atoms with E-state index in [4.69, 9.17) is 5.26 Å². The molecule has 1 aliphatic carbocycles. The molecule has 0 spiro atoms. The third kappa shape index (κ3) is 14.7. The minimum atomic E-state index is -4.59. The van der Waals surface area contributed by atoms with E-state index in [2.05, 4.69) is 57.5 Å². The minimum Gasteiger partial charge on any atom is -0.353 e. The maximum Gasteiger partial charge on any atom is 0.415 e. The Morgan fingerprint density at radius 1 is 1.10 bits per heavy atom. The number of carbonyl (C=O) groups is 1. The van der Waals surface area contributed by atoms with E-state index in [0.29, 0.717) is 23.2 Å². The number of benzene rings is 2. The molecule has 1 aliphatic rings. The summed E-state index contributed by atoms with van der Waals surface area (Å²) in [6.07, 6.45) is 10.6. The standard InChI is InChI=1S/C24H33F.C13H9F3N2O.2C2H6/c1-6-8-9-10-22(18(3)7-2)24(5,16-15-20-11-12-20)21-13-14-23(25)19(4)17-21;1-9(13(14,15)16)5-12(8-19)18-11-4-2-3-10(6-11)7-17;2*1-2/h6,8-10,13-14,17-18,20H,1,7,11-12,15-16H2,2-5H3;2-6,8,18H,1H2;2*1-2H3/b9-8-,22-10+;12-5-;;. The number of rotatable bonds is 13. The van der Waals surface area contributed by atoms with E-state index < -0.39 is 11.7 Å². The van der Waals surface area contributed by atoms with Crippen molar-refractivity contribution in [2.24, 2.45) is 11.8 Å². The predicted molar refractivity (Wildman–Crippen MR) is 194 cm³/mol. The van der Waals surface area contributed by atoms with Crippen LogP contribution >= 0.6 is 0 Å². The molecule has 3 rings (SSSR count). The number of hydrogen-bond donors (Lipinski definition) is 1. The Morgan fingerprint density at radius 2 is 1.75 bits per heavy atom. The van der Waals surface area contributed by atoms with Gasteiger partial charge >= 0.3 is 6.18 Å². The van der Waals surface area contributed by atoms with E-state index in [1.165, 1.54) is 48.6 Å². The molecule has 0 radical (unpaired) electrons. The minimum absolute atomic E-state index is 0.0536. The predicted octanol–water partition coefficient (Wildman–Crippen LogP) is 12.5. The second kappa shape index (κ2) is 22.4. The van der Waals surface area contributed by atoms with Gasteiger partial charge in [0.25, 0.3) is 0 Å². The second-order valence-corrected chi connectivity index (χ2v) is 11.4. The summed E-state index contributed by atoms with van der Waals surface area (Å²) >= 11 is 0. The molecule has 2 atom stereocenters. The van der Waals surface area contributed by atoms with E-state index in [0.717, 1.165) is 24.3 Å². The van der Waals surface area contributed by atoms with Crippen LogP contribution in [0.3, 0.4) is 0 Å². The van der Waals surface area contributed by atoms with Crippen molar-refractivity contribution in [3.8, 4) is 6.07 Å². The quantitative estimate of drug-likeness (QED) is 0.100. The lowest BCUT2D eigenvalue weighted by molar-refractivity contribution is -0.104. The molecule has 48 heavy (non-hydrogen) atoms. The van der Waals surface area contributed by atoms with Crippen LogP contribution in [0.5, 0.6) is 0 Å². The number of aldehydes is 1. The van der Waals surface area contributed by atoms with Crippen molar-refractivity contribution in [3.63, 3.8) is 0 Å². The van der Waals surface area contributed by atoms with Crippen molar-refractivity contribution in [2.45, 2.75) is 99.1 Å². The van der Waals surface area contributed by atoms with Gasteiger partial charge in [-0.25, -0.2) is 4.39 Å². The maximum atomic E-state index is 13.8. The summed E-state index contributed by atoms with van der Waals surface area (Å²) in [6.45, 7) is 23.4. The Labute approximate surface area is 286 Å². The van der Waals surface area contributed by atoms with Crippen molar-refractivity contribution in [2.75, 3.05) is 5.32 Å². The highest BCUT2D eigenvalue weighted by atomic mass is 19.4. The van der Waals surface area contributed by atoms with Gasteiger partial charge in [-0.15, -0.1) is 0 Å². The number of alkyl halides is 3. The summed E-state index contributed by atoms with van der Waals surface area (Å²) in [6, 6.07) is 13.6. The Balaban J connectivity index is 0.000000860. The van der Waals surface area contributed by atoms with E-state index >= 15 is 0 Å². The lowest BCUT2D eigenvalue weighted by atomic mass is 9.67. The van der Waals surface area contributed by atoms with Crippen LogP contribution in [0.2, 0.25) is 0 Å². The van der Waals surface area contributed by atoms with Gasteiger partial charge < -0.3 is 5.32 Å². The maximum absolute atomic E-state index is 13.8. The average Bonchev–Trinajstić information content (AvgIpc) is 3.93. The average molecular weight is 667 g/mol. The number of nitrogens with zero attached hydrogens (tertiary/aromatic N) is 1. The Morgan fingerprint density at radius 3 is 2.25 bits per heavy atom. The van der Waals surface area contributed by atoms with Gasteiger partial charge in [0.15, 0.2) is 6.29 Å². The molecule has 2 unspecified atom stereocenters. The van der Waals surface area contributed by atoms with E-state index in [1.807, 2.05) is 58.9 Å². The van der Waals surface area contributed by atoms with E-state index in [-0.39, 0.29) is 23.2 Å². The number of carbonyl (C=O) groups excluding carboxylic acids is 1. The Bertz CT molecular complexity index is 1440. The first-order chi connectivity index (χ1) is 22.8. The number of aryl methyl sites for hydroxylation is 1. The second-order valence-electron chi connectivity index (χ2n) is 11.4. The number of anilines is 1. The van der Waals surface area contributed by atoms with Gasteiger partial charge in [0, 0.05) is 11.1 Å². The fraction of sp³-hybridized carbons (Fsp3) is 0.415. The van der Waals surface area contributed by atoms with Crippen molar-refractivity contribution in [1.29, 1.82) is 5.26 Å². The molecule has 0 heterocycles. The fourth-order valence-electron chi connectivity index (χ4n) is 4.89. The number of allylic oxidation sites excluding steroid dienone is 8. The van der Waals surface area contributed by atoms with Crippen molar-refractivity contribution < 1.29 is 22.4 Å². The first-order valence-corrected chi connectivity index (χ1v) is 16.8. The summed E-state index contributed by atoms with van der Waals surface area (Å²) in [7, 11) is 0. The molecule has 7 heteroatoms. The van der Waals surface area contributed by atoms with Gasteiger partial charge in [0.05, 0.1) is 22.9 Å². The fourth-order valence-corrected chi connectivity index (χ4v) is 4.89. The zero-order chi connectivity index (χ0) is 36.9. The van der Waals surface area contributed by atoms with Crippen molar-refractivity contribution >= 4 is 12.0 Å². The largest absolute Gasteiger partial charge is 0.415 e. The first-order valence-electron chi connectivity index (χ1n) is 16.8. The summed E-state index contributed by atoms with van der Waals surface area (Å²) in [5, 5.41) is 11.2. The number of halogens is 4. The number of hydrogen-bond acceptors (Lipinski definition) is 3. The Kier molecular flexibility index (Phi) is 20.4. The molecule has 3 nitrogen and oxygen atoms in total. The summed E-state index contributed by atoms with van der Waals surface area (Å²) in [5.74, 6) is 1.26. The molecular weight excluding hydrogens is 612 g/mol. The molecule has 1 saturated carbocycles. The molecule has 1 fully saturated rings. The van der Waals surface area contributed by atoms with Crippen LogP contribution in [0, 0.1) is 35.9 Å². The highest BCUT2D eigenvalue weighted by Gasteiger charge is 2.35. The normalized spacial score (nSPS) is 14.7. The van der Waals surface area contributed by atoms with Crippen LogP contribution in [0.1, 0.15) is 97.3 Å². The molecule has 1 N–H and O–H groups in total. The van der Waals surface area contributed by atoms with Gasteiger partial charge in [0.2, 0.25) is 0 Å². The van der Waals surface area contributed by atoms with E-state index in [1.54, 1.807) is 12.1 Å². The monoisotopic (exact) mass is 666 g/mol. The van der Waals surface area contributed by atoms with Gasteiger partial charge in [-0.1, -0.05) is 123 Å². The SMILES string of the molecule is C=C(/C=C(/C=O)Nc1cccc(C#N)c1)C(F)(F)F.C=C/C=C\C=C(/C(C)CC)C(C)(CCC1CC1)c1ccc(F)c(C)c1.CC.CC. The third-order valence-electron chi connectivity index (χ3n) is 7.95. The number of nitriles is 1. The van der Waals surface area contributed by atoms with Gasteiger partial charge in [0.1, 0.15) is 5.82 Å². The molecule has 2 aromatic carbocycles. The summed E-state index contributed by atoms with van der Waals surface area (Å²) in [4.78, 5) is 10.7. The molecule has 0 saturated heterocycles. The third-order valence-corrected chi connectivity index (χ3v) is 7.95. The lowest BCUT2D eigenvalue weighted by Crippen LogP contribution is -2.29. The van der Waals surface area contributed by atoms with Gasteiger partial charge in [-0.2, -0.15) is 18.4 Å². The summed E-state index contributed by atoms with van der Waals surface area (Å²) in [5.41, 5.74) is 2.60. The van der Waals surface area contributed by atoms with Crippen molar-refractivity contribution in [1.82, 2.24) is 0 Å². The highest BCUT2D eigenvalue weighted by Crippen LogP contribution is 2.45. The molecule has 0 bridgehead atoms. The van der Waals surface area contributed by atoms with Crippen LogP contribution in [0.15, 0.2) is 103 Å². The van der Waals surface area contributed by atoms with Gasteiger partial charge in [-0.05, 0) is 79.5 Å². The van der Waals surface area contributed by atoms with Crippen LogP contribution in [-0.2, 0) is 10.2 Å². The Hall–Kier alpha value is -4.18. The van der Waals surface area contributed by atoms with Crippen LogP contribution in [-0.4, -0.2) is 12.5 Å². The van der Waals surface area contributed by atoms with Crippen LogP contribution in [0.25, 0.3) is 0 Å². The first kappa shape index (κ1) is 43.8. The van der Waals surface area contributed by atoms with Crippen LogP contribution in [0.4, 0.5) is 23.2 Å². The number of nitrogens with one attached hydrogen (secondary N) is 1. The molecule has 0 amide bonds. The molecule has 262 valence electrons. The zero-order valence-electron chi connectivity index (χ0n) is 30.0. The molecular formula is C41H54F4N2O. The van der Waals surface area contributed by atoms with Crippen LogP contribution < -0.4 is 5.32 Å². The zero-order valence-corrected chi connectivity index (χ0v) is 30.0. The smallest absolute Gasteiger partial charge is 0.353 e. The van der Waals surface area contributed by atoms with Crippen molar-refractivity contribution in [3.05, 3.63) is 125 Å². The molecule has 0 aromatic heterocycles. The van der Waals surface area contributed by atoms with E-state index in [9.17, 15) is 22.4 Å². The topological polar surface area (TPSA) is 52.9 Å². The lowest BCUT2D eigenvalue weighted by Gasteiger charge is -2.37. The molecule has 2 aromatic rings. The highest BCUT2D eigenvalue weighted by molar-refractivity contribution is 5.80. The van der Waals surface area contributed by atoms with Gasteiger partial charge in [-0.3, -0.25) is 4.79 Å². The molecule has 0 aliphatic heterocycles.